The fourth-order valence-electron chi connectivity index (χ4n) is 1.58. The van der Waals surface area contributed by atoms with E-state index in [0.29, 0.717) is 0 Å². The van der Waals surface area contributed by atoms with Gasteiger partial charge in [0.15, 0.2) is 0 Å². The molecule has 0 radical (unpaired) electrons. The Labute approximate surface area is 100 Å². The summed E-state index contributed by atoms with van der Waals surface area (Å²) in [7, 11) is 0. The van der Waals surface area contributed by atoms with Crippen LogP contribution in [0.15, 0.2) is 18.2 Å². The van der Waals surface area contributed by atoms with E-state index in [0.717, 1.165) is 18.2 Å². The zero-order valence-corrected chi connectivity index (χ0v) is 9.00. The molecule has 0 bridgehead atoms. The van der Waals surface area contributed by atoms with Crippen LogP contribution in [0, 0.1) is 11.6 Å². The summed E-state index contributed by atoms with van der Waals surface area (Å²) in [6.07, 6.45) is -0.207. The first kappa shape index (κ1) is 12.2. The molecule has 0 aliphatic carbocycles. The van der Waals surface area contributed by atoms with Crippen molar-refractivity contribution in [3.8, 4) is 0 Å². The molecule has 5 nitrogen and oxygen atoms in total. The van der Waals surface area contributed by atoms with Gasteiger partial charge in [-0.2, -0.15) is 0 Å². The number of imide groups is 1. The van der Waals surface area contributed by atoms with Gasteiger partial charge in [0.25, 0.3) is 5.91 Å². The number of amides is 3. The summed E-state index contributed by atoms with van der Waals surface area (Å²) >= 11 is 0. The van der Waals surface area contributed by atoms with Crippen molar-refractivity contribution in [1.29, 1.82) is 0 Å². The monoisotopic (exact) mass is 254 g/mol. The van der Waals surface area contributed by atoms with Crippen LogP contribution in [-0.4, -0.2) is 23.8 Å². The van der Waals surface area contributed by atoms with Gasteiger partial charge in [-0.05, 0) is 18.2 Å². The van der Waals surface area contributed by atoms with E-state index in [4.69, 9.17) is 0 Å². The van der Waals surface area contributed by atoms with Gasteiger partial charge in [0.2, 0.25) is 11.8 Å². The number of hydrogen-bond acceptors (Lipinski definition) is 3. The van der Waals surface area contributed by atoms with E-state index in [1.54, 1.807) is 0 Å². The third-order valence-corrected chi connectivity index (χ3v) is 2.45. The van der Waals surface area contributed by atoms with E-state index in [-0.39, 0.29) is 6.42 Å². The lowest BCUT2D eigenvalue weighted by atomic mass is 10.1. The van der Waals surface area contributed by atoms with Crippen LogP contribution >= 0.6 is 0 Å². The summed E-state index contributed by atoms with van der Waals surface area (Å²) in [6.45, 7) is 0. The van der Waals surface area contributed by atoms with Crippen LogP contribution in [0.5, 0.6) is 0 Å². The van der Waals surface area contributed by atoms with Crippen LogP contribution < -0.4 is 10.6 Å². The summed E-state index contributed by atoms with van der Waals surface area (Å²) in [4.78, 5) is 33.7. The zero-order valence-electron chi connectivity index (χ0n) is 9.00. The van der Waals surface area contributed by atoms with Crippen molar-refractivity contribution in [2.45, 2.75) is 12.5 Å². The van der Waals surface area contributed by atoms with Gasteiger partial charge in [-0.25, -0.2) is 8.78 Å². The van der Waals surface area contributed by atoms with Gasteiger partial charge < -0.3 is 5.32 Å². The smallest absolute Gasteiger partial charge is 0.255 e. The molecule has 18 heavy (non-hydrogen) atoms. The molecule has 0 spiro atoms. The Balaban J connectivity index is 2.15. The predicted octanol–water partition coefficient (Wildman–Crippen LogP) is 0.110. The Bertz CT molecular complexity index is 545. The minimum Gasteiger partial charge on any atom is -0.340 e. The lowest BCUT2D eigenvalue weighted by molar-refractivity contribution is -0.125. The first-order valence-electron chi connectivity index (χ1n) is 5.07. The van der Waals surface area contributed by atoms with E-state index in [1.165, 1.54) is 0 Å². The Hall–Kier alpha value is -2.31. The van der Waals surface area contributed by atoms with Gasteiger partial charge in [0, 0.05) is 0 Å². The van der Waals surface area contributed by atoms with Crippen molar-refractivity contribution in [3.63, 3.8) is 0 Å². The van der Waals surface area contributed by atoms with Crippen molar-refractivity contribution in [3.05, 3.63) is 35.4 Å². The molecule has 0 aromatic heterocycles. The van der Waals surface area contributed by atoms with Gasteiger partial charge in [-0.1, -0.05) is 0 Å². The second-order valence-corrected chi connectivity index (χ2v) is 3.77. The summed E-state index contributed by atoms with van der Waals surface area (Å²) in [5, 5.41) is 4.15. The average Bonchev–Trinajstić information content (AvgIpc) is 2.61. The van der Waals surface area contributed by atoms with Crippen LogP contribution in [0.1, 0.15) is 16.8 Å². The number of benzene rings is 1. The Morgan fingerprint density at radius 2 is 2.06 bits per heavy atom. The van der Waals surface area contributed by atoms with Crippen LogP contribution in [0.3, 0.4) is 0 Å². The van der Waals surface area contributed by atoms with Crippen LogP contribution in [-0.2, 0) is 9.59 Å². The fourth-order valence-corrected chi connectivity index (χ4v) is 1.58. The summed E-state index contributed by atoms with van der Waals surface area (Å²) in [6, 6.07) is 1.36. The largest absolute Gasteiger partial charge is 0.340 e. The SMILES string of the molecule is O=C1CC(NC(=O)c2cc(F)ccc2F)C(=O)N1. The molecular formula is C11H8F2N2O3. The maximum atomic E-state index is 13.3. The number of hydrogen-bond donors (Lipinski definition) is 2. The van der Waals surface area contributed by atoms with Gasteiger partial charge in [-0.3, -0.25) is 19.7 Å². The molecule has 1 aliphatic heterocycles. The van der Waals surface area contributed by atoms with E-state index < -0.39 is 41.0 Å². The summed E-state index contributed by atoms with van der Waals surface area (Å²) in [5.74, 6) is -3.80. The highest BCUT2D eigenvalue weighted by atomic mass is 19.1. The second-order valence-electron chi connectivity index (χ2n) is 3.77. The average molecular weight is 254 g/mol. The number of rotatable bonds is 2. The van der Waals surface area contributed by atoms with Gasteiger partial charge >= 0.3 is 0 Å². The molecule has 94 valence electrons. The van der Waals surface area contributed by atoms with E-state index in [9.17, 15) is 23.2 Å². The van der Waals surface area contributed by atoms with Gasteiger partial charge in [0.05, 0.1) is 12.0 Å². The molecule has 1 aliphatic rings. The summed E-state index contributed by atoms with van der Waals surface area (Å²) in [5.41, 5.74) is -0.512. The van der Waals surface area contributed by atoms with E-state index in [2.05, 4.69) is 5.32 Å². The Kier molecular flexibility index (Phi) is 3.05. The highest BCUT2D eigenvalue weighted by Crippen LogP contribution is 2.11. The van der Waals surface area contributed by atoms with Crippen molar-refractivity contribution in [1.82, 2.24) is 10.6 Å². The molecule has 1 saturated heterocycles. The maximum Gasteiger partial charge on any atom is 0.255 e. The number of halogens is 2. The topological polar surface area (TPSA) is 75.3 Å². The van der Waals surface area contributed by atoms with Gasteiger partial charge in [-0.15, -0.1) is 0 Å². The zero-order chi connectivity index (χ0) is 13.3. The lowest BCUT2D eigenvalue weighted by Gasteiger charge is -2.09. The third kappa shape index (κ3) is 2.34. The van der Waals surface area contributed by atoms with Crippen LogP contribution in [0.25, 0.3) is 0 Å². The molecule has 0 saturated carbocycles. The molecule has 1 atom stereocenters. The van der Waals surface area contributed by atoms with Crippen molar-refractivity contribution in [2.75, 3.05) is 0 Å². The number of nitrogens with one attached hydrogen (secondary N) is 2. The van der Waals surface area contributed by atoms with Crippen LogP contribution in [0.4, 0.5) is 8.78 Å². The van der Waals surface area contributed by atoms with E-state index in [1.807, 2.05) is 5.32 Å². The molecule has 1 aromatic rings. The number of carbonyl (C=O) groups excluding carboxylic acids is 3. The molecular weight excluding hydrogens is 246 g/mol. The molecule has 3 amide bonds. The van der Waals surface area contributed by atoms with Gasteiger partial charge in [0.1, 0.15) is 17.7 Å². The van der Waals surface area contributed by atoms with E-state index >= 15 is 0 Å². The van der Waals surface area contributed by atoms with Crippen molar-refractivity contribution < 1.29 is 23.2 Å². The highest BCUT2D eigenvalue weighted by molar-refractivity contribution is 6.08. The normalized spacial score (nSPS) is 18.7. The number of carbonyl (C=O) groups is 3. The van der Waals surface area contributed by atoms with Crippen LogP contribution in [0.2, 0.25) is 0 Å². The molecule has 2 N–H and O–H groups in total. The molecule has 1 fully saturated rings. The molecule has 1 heterocycles. The minimum absolute atomic E-state index is 0.207. The Morgan fingerprint density at radius 3 is 2.67 bits per heavy atom. The molecule has 1 unspecified atom stereocenters. The maximum absolute atomic E-state index is 13.3. The lowest BCUT2D eigenvalue weighted by Crippen LogP contribution is -2.40. The summed E-state index contributed by atoms with van der Waals surface area (Å²) < 4.78 is 26.2. The van der Waals surface area contributed by atoms with Crippen molar-refractivity contribution >= 4 is 17.7 Å². The predicted molar refractivity (Wildman–Crippen MR) is 55.4 cm³/mol. The molecule has 2 rings (SSSR count). The molecule has 7 heteroatoms. The standard InChI is InChI=1S/C11H8F2N2O3/c12-5-1-2-7(13)6(3-5)10(17)14-8-4-9(16)15-11(8)18/h1-3,8H,4H2,(H,14,17)(H,15,16,18). The first-order chi connectivity index (χ1) is 8.47. The second kappa shape index (κ2) is 4.52. The Morgan fingerprint density at radius 1 is 1.33 bits per heavy atom. The minimum atomic E-state index is -1.05. The fraction of sp³-hybridized carbons (Fsp3) is 0.182. The van der Waals surface area contributed by atoms with Crippen molar-refractivity contribution in [2.24, 2.45) is 0 Å². The quantitative estimate of drug-likeness (QED) is 0.735. The molecule has 1 aromatic carbocycles. The first-order valence-corrected chi connectivity index (χ1v) is 5.07. The highest BCUT2D eigenvalue weighted by Gasteiger charge is 2.32. The third-order valence-electron chi connectivity index (χ3n) is 2.45.